The summed E-state index contributed by atoms with van der Waals surface area (Å²) in [5, 5.41) is 0. The first-order chi connectivity index (χ1) is 5.74. The van der Waals surface area contributed by atoms with E-state index in [2.05, 4.69) is 4.90 Å². The van der Waals surface area contributed by atoms with Crippen LogP contribution in [0.4, 0.5) is 0 Å². The van der Waals surface area contributed by atoms with E-state index >= 15 is 0 Å². The third kappa shape index (κ3) is 1.21. The highest BCUT2D eigenvalue weighted by molar-refractivity contribution is 5.72. The van der Waals surface area contributed by atoms with E-state index in [0.717, 1.165) is 19.6 Å². The molecule has 2 saturated heterocycles. The van der Waals surface area contributed by atoms with Gasteiger partial charge in [0.2, 0.25) is 0 Å². The van der Waals surface area contributed by atoms with E-state index in [4.69, 9.17) is 10.5 Å². The Balaban J connectivity index is 1.83. The molecule has 2 heterocycles. The van der Waals surface area contributed by atoms with Crippen molar-refractivity contribution in [2.75, 3.05) is 32.8 Å². The van der Waals surface area contributed by atoms with Crippen LogP contribution in [0.2, 0.25) is 0 Å². The maximum Gasteiger partial charge on any atom is 0.306 e. The average molecular weight is 170 g/mol. The quantitative estimate of drug-likeness (QED) is 0.551. The zero-order valence-electron chi connectivity index (χ0n) is 7.08. The largest absolute Gasteiger partial charge is 0.465 e. The second kappa shape index (κ2) is 2.71. The smallest absolute Gasteiger partial charge is 0.306 e. The molecule has 2 aliphatic heterocycles. The molecule has 1 spiro atoms. The SMILES string of the molecule is NCCN1CC2(COC(=O)C2)C1. The molecular weight excluding hydrogens is 156 g/mol. The molecule has 0 aliphatic carbocycles. The van der Waals surface area contributed by atoms with Crippen molar-refractivity contribution in [1.29, 1.82) is 0 Å². The van der Waals surface area contributed by atoms with Crippen molar-refractivity contribution in [3.05, 3.63) is 0 Å². The molecule has 68 valence electrons. The minimum Gasteiger partial charge on any atom is -0.465 e. The van der Waals surface area contributed by atoms with Crippen LogP contribution in [0.25, 0.3) is 0 Å². The summed E-state index contributed by atoms with van der Waals surface area (Å²) in [5.74, 6) is -0.0394. The lowest BCUT2D eigenvalue weighted by Gasteiger charge is -2.46. The van der Waals surface area contributed by atoms with Gasteiger partial charge in [-0.25, -0.2) is 0 Å². The van der Waals surface area contributed by atoms with Crippen molar-refractivity contribution in [2.24, 2.45) is 11.1 Å². The number of nitrogens with zero attached hydrogens (tertiary/aromatic N) is 1. The van der Waals surface area contributed by atoms with E-state index in [-0.39, 0.29) is 11.4 Å². The highest BCUT2D eigenvalue weighted by Crippen LogP contribution is 2.38. The van der Waals surface area contributed by atoms with E-state index in [0.29, 0.717) is 19.6 Å². The van der Waals surface area contributed by atoms with E-state index < -0.39 is 0 Å². The minimum atomic E-state index is -0.0394. The molecule has 0 saturated carbocycles. The van der Waals surface area contributed by atoms with Crippen molar-refractivity contribution in [3.8, 4) is 0 Å². The molecule has 2 rings (SSSR count). The summed E-state index contributed by atoms with van der Waals surface area (Å²) >= 11 is 0. The van der Waals surface area contributed by atoms with Gasteiger partial charge >= 0.3 is 5.97 Å². The van der Waals surface area contributed by atoms with Crippen LogP contribution in [0, 0.1) is 5.41 Å². The lowest BCUT2D eigenvalue weighted by molar-refractivity contribution is -0.137. The van der Waals surface area contributed by atoms with Crippen molar-refractivity contribution < 1.29 is 9.53 Å². The molecule has 0 amide bonds. The summed E-state index contributed by atoms with van der Waals surface area (Å²) in [6.45, 7) is 4.22. The van der Waals surface area contributed by atoms with Crippen LogP contribution in [0.3, 0.4) is 0 Å². The van der Waals surface area contributed by atoms with Gasteiger partial charge in [-0.05, 0) is 0 Å². The monoisotopic (exact) mass is 170 g/mol. The Morgan fingerprint density at radius 1 is 1.58 bits per heavy atom. The highest BCUT2D eigenvalue weighted by Gasteiger charge is 2.49. The topological polar surface area (TPSA) is 55.6 Å². The molecule has 0 radical (unpaired) electrons. The normalized spacial score (nSPS) is 27.2. The molecule has 2 fully saturated rings. The molecule has 0 aromatic rings. The number of hydrogen-bond acceptors (Lipinski definition) is 4. The van der Waals surface area contributed by atoms with Crippen LogP contribution < -0.4 is 5.73 Å². The maximum atomic E-state index is 10.9. The van der Waals surface area contributed by atoms with Gasteiger partial charge in [0.1, 0.15) is 0 Å². The van der Waals surface area contributed by atoms with Crippen molar-refractivity contribution in [3.63, 3.8) is 0 Å². The van der Waals surface area contributed by atoms with Gasteiger partial charge in [0.05, 0.1) is 13.0 Å². The summed E-state index contributed by atoms with van der Waals surface area (Å²) in [4.78, 5) is 13.1. The number of esters is 1. The van der Waals surface area contributed by atoms with E-state index in [1.807, 2.05) is 0 Å². The summed E-state index contributed by atoms with van der Waals surface area (Å²) in [6.07, 6.45) is 0.605. The first-order valence-corrected chi connectivity index (χ1v) is 4.32. The molecule has 0 atom stereocenters. The van der Waals surface area contributed by atoms with Crippen LogP contribution in [0.5, 0.6) is 0 Å². The van der Waals surface area contributed by atoms with Crippen LogP contribution in [-0.2, 0) is 9.53 Å². The van der Waals surface area contributed by atoms with Gasteiger partial charge in [-0.15, -0.1) is 0 Å². The molecule has 4 nitrogen and oxygen atoms in total. The fraction of sp³-hybridized carbons (Fsp3) is 0.875. The first-order valence-electron chi connectivity index (χ1n) is 4.32. The lowest BCUT2D eigenvalue weighted by Crippen LogP contribution is -2.57. The molecule has 12 heavy (non-hydrogen) atoms. The number of carbonyl (C=O) groups is 1. The Hall–Kier alpha value is -0.610. The van der Waals surface area contributed by atoms with Gasteiger partial charge in [-0.1, -0.05) is 0 Å². The second-order valence-electron chi connectivity index (χ2n) is 3.84. The Bertz CT molecular complexity index is 199. The molecule has 2 aliphatic rings. The predicted molar refractivity (Wildman–Crippen MR) is 43.5 cm³/mol. The molecule has 0 bridgehead atoms. The standard InChI is InChI=1S/C8H14N2O2/c9-1-2-10-4-8(5-10)3-7(11)12-6-8/h1-6,9H2. The Labute approximate surface area is 71.7 Å². The maximum absolute atomic E-state index is 10.9. The first kappa shape index (κ1) is 8.01. The summed E-state index contributed by atoms with van der Waals surface area (Å²) < 4.78 is 4.94. The van der Waals surface area contributed by atoms with Crippen molar-refractivity contribution in [2.45, 2.75) is 6.42 Å². The molecule has 0 aromatic heterocycles. The van der Waals surface area contributed by atoms with Gasteiger partial charge in [0.15, 0.2) is 0 Å². The van der Waals surface area contributed by atoms with Crippen LogP contribution in [0.15, 0.2) is 0 Å². The Kier molecular flexibility index (Phi) is 1.81. The zero-order chi connectivity index (χ0) is 8.60. The van der Waals surface area contributed by atoms with Gasteiger partial charge in [0.25, 0.3) is 0 Å². The number of hydrogen-bond donors (Lipinski definition) is 1. The van der Waals surface area contributed by atoms with Crippen LogP contribution >= 0.6 is 0 Å². The fourth-order valence-corrected chi connectivity index (χ4v) is 2.09. The van der Waals surface area contributed by atoms with E-state index in [9.17, 15) is 4.79 Å². The third-order valence-corrected chi connectivity index (χ3v) is 2.62. The highest BCUT2D eigenvalue weighted by atomic mass is 16.5. The van der Waals surface area contributed by atoms with Gasteiger partial charge < -0.3 is 15.4 Å². The number of carbonyl (C=O) groups excluding carboxylic acids is 1. The Morgan fingerprint density at radius 3 is 2.83 bits per heavy atom. The average Bonchev–Trinajstić information content (AvgIpc) is 2.31. The summed E-state index contributed by atoms with van der Waals surface area (Å²) in [7, 11) is 0. The molecular formula is C8H14N2O2. The lowest BCUT2D eigenvalue weighted by atomic mass is 9.79. The predicted octanol–water partition coefficient (Wildman–Crippen LogP) is -0.806. The van der Waals surface area contributed by atoms with Gasteiger partial charge in [-0.2, -0.15) is 0 Å². The van der Waals surface area contributed by atoms with E-state index in [1.165, 1.54) is 0 Å². The summed E-state index contributed by atoms with van der Waals surface area (Å²) in [6, 6.07) is 0. The molecule has 4 heteroatoms. The zero-order valence-corrected chi connectivity index (χ0v) is 7.08. The molecule has 0 aromatic carbocycles. The van der Waals surface area contributed by atoms with Crippen LogP contribution in [-0.4, -0.2) is 43.7 Å². The number of nitrogens with two attached hydrogens (primary N) is 1. The number of cyclic esters (lactones) is 1. The number of ether oxygens (including phenoxy) is 1. The number of likely N-dealkylation sites (tertiary alicyclic amines) is 1. The van der Waals surface area contributed by atoms with Crippen molar-refractivity contribution >= 4 is 5.97 Å². The van der Waals surface area contributed by atoms with Crippen molar-refractivity contribution in [1.82, 2.24) is 4.90 Å². The third-order valence-electron chi connectivity index (χ3n) is 2.62. The fourth-order valence-electron chi connectivity index (χ4n) is 2.09. The van der Waals surface area contributed by atoms with E-state index in [1.54, 1.807) is 0 Å². The Morgan fingerprint density at radius 2 is 2.33 bits per heavy atom. The van der Waals surface area contributed by atoms with Gasteiger partial charge in [0, 0.05) is 31.6 Å². The minimum absolute atomic E-state index is 0.0394. The number of rotatable bonds is 2. The molecule has 2 N–H and O–H groups in total. The van der Waals surface area contributed by atoms with Gasteiger partial charge in [-0.3, -0.25) is 4.79 Å². The second-order valence-corrected chi connectivity index (χ2v) is 3.84. The molecule has 0 unspecified atom stereocenters. The van der Waals surface area contributed by atoms with Crippen LogP contribution in [0.1, 0.15) is 6.42 Å². The summed E-state index contributed by atoms with van der Waals surface area (Å²) in [5.41, 5.74) is 5.57.